The van der Waals surface area contributed by atoms with E-state index in [1.807, 2.05) is 66.7 Å². The highest BCUT2D eigenvalue weighted by molar-refractivity contribution is 7.99. The monoisotopic (exact) mass is 361 g/mol. The number of hydrogen-bond donors (Lipinski definition) is 1. The van der Waals surface area contributed by atoms with E-state index in [1.165, 1.54) is 11.8 Å². The van der Waals surface area contributed by atoms with Crippen LogP contribution in [0.3, 0.4) is 0 Å². The Balaban J connectivity index is 1.36. The third-order valence-electron chi connectivity index (χ3n) is 3.82. The molecule has 1 aromatic heterocycles. The summed E-state index contributed by atoms with van der Waals surface area (Å²) in [5, 5.41) is 6.75. The van der Waals surface area contributed by atoms with Gasteiger partial charge >= 0.3 is 0 Å². The Morgan fingerprint density at radius 2 is 1.88 bits per heavy atom. The van der Waals surface area contributed by atoms with Crippen LogP contribution in [0.5, 0.6) is 0 Å². The Morgan fingerprint density at radius 3 is 2.81 bits per heavy atom. The number of carbonyl (C=O) groups is 1. The number of hydrazone groups is 1. The third-order valence-corrected chi connectivity index (χ3v) is 4.65. The number of nitrogens with zero attached hydrogens (tertiary/aromatic N) is 2. The molecule has 3 aromatic carbocycles. The van der Waals surface area contributed by atoms with Crippen LogP contribution in [0.2, 0.25) is 0 Å². The first-order valence-electron chi connectivity index (χ1n) is 8.08. The fourth-order valence-corrected chi connectivity index (χ4v) is 3.24. The highest BCUT2D eigenvalue weighted by Crippen LogP contribution is 2.22. The lowest BCUT2D eigenvalue weighted by molar-refractivity contribution is -0.118. The molecule has 6 heteroatoms. The van der Waals surface area contributed by atoms with Gasteiger partial charge in [0.15, 0.2) is 5.58 Å². The molecule has 0 atom stereocenters. The standard InChI is InChI=1S/C20H15N3O2S/c24-19(13-26-20-22-17-10-3-4-11-18(17)25-20)23-21-12-15-8-5-7-14-6-1-2-9-16(14)15/h1-12H,13H2,(H,23,24)/b21-12-. The lowest BCUT2D eigenvalue weighted by Crippen LogP contribution is -2.19. The third kappa shape index (κ3) is 3.60. The van der Waals surface area contributed by atoms with Crippen LogP contribution in [0, 0.1) is 0 Å². The molecule has 4 rings (SSSR count). The number of fused-ring (bicyclic) bond motifs is 2. The molecule has 0 aliphatic heterocycles. The SMILES string of the molecule is O=C(CSc1nc2ccccc2o1)N/N=C\c1cccc2ccccc12. The van der Waals surface area contributed by atoms with E-state index in [1.54, 1.807) is 6.21 Å². The lowest BCUT2D eigenvalue weighted by atomic mass is 10.1. The van der Waals surface area contributed by atoms with Crippen molar-refractivity contribution in [1.82, 2.24) is 10.4 Å². The van der Waals surface area contributed by atoms with Gasteiger partial charge < -0.3 is 4.42 Å². The van der Waals surface area contributed by atoms with Crippen molar-refractivity contribution < 1.29 is 9.21 Å². The van der Waals surface area contributed by atoms with E-state index in [-0.39, 0.29) is 11.7 Å². The number of nitrogens with one attached hydrogen (secondary N) is 1. The van der Waals surface area contributed by atoms with Gasteiger partial charge in [-0.3, -0.25) is 4.79 Å². The van der Waals surface area contributed by atoms with Gasteiger partial charge in [-0.15, -0.1) is 0 Å². The summed E-state index contributed by atoms with van der Waals surface area (Å²) in [7, 11) is 0. The van der Waals surface area contributed by atoms with Gasteiger partial charge in [-0.1, -0.05) is 66.4 Å². The van der Waals surface area contributed by atoms with E-state index in [0.717, 1.165) is 21.9 Å². The quantitative estimate of drug-likeness (QED) is 0.328. The molecule has 0 bridgehead atoms. The summed E-state index contributed by atoms with van der Waals surface area (Å²) in [5.41, 5.74) is 4.99. The zero-order chi connectivity index (χ0) is 17.8. The van der Waals surface area contributed by atoms with Gasteiger partial charge in [0.05, 0.1) is 12.0 Å². The van der Waals surface area contributed by atoms with Gasteiger partial charge in [0.1, 0.15) is 5.52 Å². The smallest absolute Gasteiger partial charge is 0.257 e. The van der Waals surface area contributed by atoms with E-state index in [4.69, 9.17) is 4.42 Å². The molecule has 1 heterocycles. The van der Waals surface area contributed by atoms with Crippen molar-refractivity contribution in [3.05, 3.63) is 72.3 Å². The predicted octanol–water partition coefficient (Wildman–Crippen LogP) is 4.22. The highest BCUT2D eigenvalue weighted by atomic mass is 32.2. The molecule has 5 nitrogen and oxygen atoms in total. The summed E-state index contributed by atoms with van der Waals surface area (Å²) in [6, 6.07) is 21.5. The molecule has 0 spiro atoms. The summed E-state index contributed by atoms with van der Waals surface area (Å²) in [6.07, 6.45) is 1.66. The minimum absolute atomic E-state index is 0.180. The number of oxazole rings is 1. The van der Waals surface area contributed by atoms with Crippen molar-refractivity contribution in [3.8, 4) is 0 Å². The van der Waals surface area contributed by atoms with Crippen molar-refractivity contribution in [1.29, 1.82) is 0 Å². The van der Waals surface area contributed by atoms with Crippen LogP contribution in [0.15, 0.2) is 81.5 Å². The molecule has 0 aliphatic rings. The summed E-state index contributed by atoms with van der Waals surface area (Å²) in [5.74, 6) is -0.0339. The van der Waals surface area contributed by atoms with E-state index >= 15 is 0 Å². The molecule has 0 saturated heterocycles. The molecule has 0 radical (unpaired) electrons. The average Bonchev–Trinajstić information content (AvgIpc) is 3.10. The zero-order valence-corrected chi connectivity index (χ0v) is 14.6. The van der Waals surface area contributed by atoms with Gasteiger partial charge in [0.25, 0.3) is 11.1 Å². The molecule has 1 N–H and O–H groups in total. The second-order valence-corrected chi connectivity index (χ2v) is 6.52. The second kappa shape index (κ2) is 7.41. The van der Waals surface area contributed by atoms with Crippen molar-refractivity contribution in [3.63, 3.8) is 0 Å². The number of para-hydroxylation sites is 2. The molecule has 128 valence electrons. The van der Waals surface area contributed by atoms with E-state index in [2.05, 4.69) is 15.5 Å². The van der Waals surface area contributed by atoms with Crippen molar-refractivity contribution in [2.45, 2.75) is 5.22 Å². The van der Waals surface area contributed by atoms with Crippen LogP contribution in [-0.2, 0) is 4.79 Å². The Hall–Kier alpha value is -3.12. The van der Waals surface area contributed by atoms with Crippen LogP contribution in [0.25, 0.3) is 21.9 Å². The Bertz CT molecular complexity index is 1070. The number of carbonyl (C=O) groups excluding carboxylic acids is 1. The number of amides is 1. The average molecular weight is 361 g/mol. The molecule has 26 heavy (non-hydrogen) atoms. The first kappa shape index (κ1) is 16.4. The maximum Gasteiger partial charge on any atom is 0.257 e. The van der Waals surface area contributed by atoms with Crippen LogP contribution in [0.4, 0.5) is 0 Å². The number of aromatic nitrogens is 1. The minimum Gasteiger partial charge on any atom is -0.431 e. The molecule has 1 amide bonds. The molecule has 0 fully saturated rings. The Morgan fingerprint density at radius 1 is 1.08 bits per heavy atom. The van der Waals surface area contributed by atoms with Gasteiger partial charge in [-0.05, 0) is 22.9 Å². The maximum atomic E-state index is 12.0. The molecule has 0 aliphatic carbocycles. The summed E-state index contributed by atoms with van der Waals surface area (Å²) >= 11 is 1.24. The number of hydrogen-bond acceptors (Lipinski definition) is 5. The van der Waals surface area contributed by atoms with E-state index in [0.29, 0.717) is 10.8 Å². The van der Waals surface area contributed by atoms with Crippen molar-refractivity contribution >= 4 is 45.8 Å². The first-order chi connectivity index (χ1) is 12.8. The Kier molecular flexibility index (Phi) is 4.66. The Labute approximate surface area is 154 Å². The molecular formula is C20H15N3O2S. The molecular weight excluding hydrogens is 346 g/mol. The zero-order valence-electron chi connectivity index (χ0n) is 13.8. The number of rotatable bonds is 5. The van der Waals surface area contributed by atoms with Gasteiger partial charge in [0, 0.05) is 5.56 Å². The van der Waals surface area contributed by atoms with E-state index in [9.17, 15) is 4.79 Å². The summed E-state index contributed by atoms with van der Waals surface area (Å²) < 4.78 is 5.57. The number of benzene rings is 3. The molecule has 0 saturated carbocycles. The maximum absolute atomic E-state index is 12.0. The minimum atomic E-state index is -0.214. The normalized spacial score (nSPS) is 11.4. The van der Waals surface area contributed by atoms with E-state index < -0.39 is 0 Å². The van der Waals surface area contributed by atoms with Crippen LogP contribution in [0.1, 0.15) is 5.56 Å². The lowest BCUT2D eigenvalue weighted by Gasteiger charge is -2.01. The van der Waals surface area contributed by atoms with Gasteiger partial charge in [-0.25, -0.2) is 10.4 Å². The fraction of sp³-hybridized carbons (Fsp3) is 0.0500. The van der Waals surface area contributed by atoms with Crippen LogP contribution >= 0.6 is 11.8 Å². The first-order valence-corrected chi connectivity index (χ1v) is 9.06. The fourth-order valence-electron chi connectivity index (χ4n) is 2.61. The van der Waals surface area contributed by atoms with Gasteiger partial charge in [0.2, 0.25) is 0 Å². The van der Waals surface area contributed by atoms with Crippen LogP contribution in [-0.4, -0.2) is 22.9 Å². The predicted molar refractivity (Wildman–Crippen MR) is 104 cm³/mol. The summed E-state index contributed by atoms with van der Waals surface area (Å²) in [6.45, 7) is 0. The van der Waals surface area contributed by atoms with Crippen LogP contribution < -0.4 is 5.43 Å². The second-order valence-electron chi connectivity index (χ2n) is 5.60. The topological polar surface area (TPSA) is 67.5 Å². The number of thioether (sulfide) groups is 1. The summed E-state index contributed by atoms with van der Waals surface area (Å²) in [4.78, 5) is 16.3. The van der Waals surface area contributed by atoms with Crippen molar-refractivity contribution in [2.75, 3.05) is 5.75 Å². The molecule has 0 unspecified atom stereocenters. The highest BCUT2D eigenvalue weighted by Gasteiger charge is 2.08. The van der Waals surface area contributed by atoms with Crippen molar-refractivity contribution in [2.24, 2.45) is 5.10 Å². The largest absolute Gasteiger partial charge is 0.431 e. The molecule has 4 aromatic rings. The van der Waals surface area contributed by atoms with Gasteiger partial charge in [-0.2, -0.15) is 5.10 Å².